The molecule has 0 aromatic heterocycles. The maximum atomic E-state index is 3.68. The number of aryl methyl sites for hydroxylation is 1. The lowest BCUT2D eigenvalue weighted by atomic mass is 9.84. The number of likely N-dealkylation sites (N-methyl/N-ethyl adjacent to an activating group) is 2. The SMILES string of the molecule is CCNC(c1ccc(CC)cc1)C(C)N(C)CC1CCC1. The van der Waals surface area contributed by atoms with Gasteiger partial charge in [0.05, 0.1) is 0 Å². The van der Waals surface area contributed by atoms with E-state index in [-0.39, 0.29) is 0 Å². The summed E-state index contributed by atoms with van der Waals surface area (Å²) in [6.07, 6.45) is 5.40. The molecule has 2 heteroatoms. The summed E-state index contributed by atoms with van der Waals surface area (Å²) in [5.74, 6) is 0.933. The lowest BCUT2D eigenvalue weighted by Gasteiger charge is -2.37. The second-order valence-electron chi connectivity index (χ2n) is 6.61. The van der Waals surface area contributed by atoms with Gasteiger partial charge in [0.25, 0.3) is 0 Å². The van der Waals surface area contributed by atoms with E-state index in [1.807, 2.05) is 0 Å². The topological polar surface area (TPSA) is 15.3 Å². The maximum Gasteiger partial charge on any atom is 0.0475 e. The first-order chi connectivity index (χ1) is 10.2. The molecule has 1 N–H and O–H groups in total. The van der Waals surface area contributed by atoms with Gasteiger partial charge in [0.15, 0.2) is 0 Å². The fourth-order valence-corrected chi connectivity index (χ4v) is 3.25. The van der Waals surface area contributed by atoms with Crippen molar-refractivity contribution < 1.29 is 0 Å². The molecule has 1 saturated carbocycles. The smallest absolute Gasteiger partial charge is 0.0475 e. The van der Waals surface area contributed by atoms with Gasteiger partial charge in [-0.25, -0.2) is 0 Å². The summed E-state index contributed by atoms with van der Waals surface area (Å²) in [6, 6.07) is 10.1. The van der Waals surface area contributed by atoms with E-state index >= 15 is 0 Å². The molecule has 0 spiro atoms. The molecule has 1 aliphatic rings. The number of nitrogens with zero attached hydrogens (tertiary/aromatic N) is 1. The summed E-state index contributed by atoms with van der Waals surface area (Å²) in [5, 5.41) is 3.68. The molecule has 118 valence electrons. The van der Waals surface area contributed by atoms with Gasteiger partial charge >= 0.3 is 0 Å². The highest BCUT2D eigenvalue weighted by Gasteiger charge is 2.26. The monoisotopic (exact) mass is 288 g/mol. The van der Waals surface area contributed by atoms with Gasteiger partial charge in [-0.3, -0.25) is 0 Å². The third kappa shape index (κ3) is 4.31. The molecule has 0 saturated heterocycles. The molecule has 0 bridgehead atoms. The second kappa shape index (κ2) is 7.95. The molecule has 0 amide bonds. The molecule has 1 aromatic carbocycles. The molecule has 2 atom stereocenters. The minimum Gasteiger partial charge on any atom is -0.309 e. The lowest BCUT2D eigenvalue weighted by molar-refractivity contribution is 0.145. The summed E-state index contributed by atoms with van der Waals surface area (Å²) in [7, 11) is 2.29. The number of nitrogens with one attached hydrogen (secondary N) is 1. The predicted octanol–water partition coefficient (Wildman–Crippen LogP) is 4.02. The van der Waals surface area contributed by atoms with Crippen LogP contribution < -0.4 is 5.32 Å². The normalized spacial score (nSPS) is 18.5. The molecule has 2 rings (SSSR count). The molecule has 0 aliphatic heterocycles. The highest BCUT2D eigenvalue weighted by Crippen LogP contribution is 2.29. The lowest BCUT2D eigenvalue weighted by Crippen LogP contribution is -2.43. The quantitative estimate of drug-likeness (QED) is 0.777. The average molecular weight is 288 g/mol. The van der Waals surface area contributed by atoms with Crippen LogP contribution in [0.3, 0.4) is 0 Å². The molecule has 1 aliphatic carbocycles. The molecule has 21 heavy (non-hydrogen) atoms. The number of hydrogen-bond donors (Lipinski definition) is 1. The Labute approximate surface area is 130 Å². The van der Waals surface area contributed by atoms with Crippen molar-refractivity contribution in [1.29, 1.82) is 0 Å². The van der Waals surface area contributed by atoms with Crippen LogP contribution in [0.25, 0.3) is 0 Å². The first-order valence-electron chi connectivity index (χ1n) is 8.68. The largest absolute Gasteiger partial charge is 0.309 e. The van der Waals surface area contributed by atoms with Gasteiger partial charge in [-0.1, -0.05) is 44.5 Å². The Morgan fingerprint density at radius 3 is 2.33 bits per heavy atom. The van der Waals surface area contributed by atoms with Crippen molar-refractivity contribution in [2.45, 2.75) is 58.5 Å². The zero-order chi connectivity index (χ0) is 15.2. The van der Waals surface area contributed by atoms with Crippen LogP contribution in [0.4, 0.5) is 0 Å². The van der Waals surface area contributed by atoms with E-state index in [0.717, 1.165) is 18.9 Å². The van der Waals surface area contributed by atoms with Gasteiger partial charge in [0.2, 0.25) is 0 Å². The highest BCUT2D eigenvalue weighted by molar-refractivity contribution is 5.26. The Bertz CT molecular complexity index is 408. The first kappa shape index (κ1) is 16.5. The maximum absolute atomic E-state index is 3.68. The van der Waals surface area contributed by atoms with E-state index in [9.17, 15) is 0 Å². The third-order valence-corrected chi connectivity index (χ3v) is 5.12. The van der Waals surface area contributed by atoms with Crippen molar-refractivity contribution >= 4 is 0 Å². The molecular formula is C19H32N2. The van der Waals surface area contributed by atoms with Crippen LogP contribution in [0.2, 0.25) is 0 Å². The van der Waals surface area contributed by atoms with Crippen molar-refractivity contribution in [3.05, 3.63) is 35.4 Å². The Balaban J connectivity index is 2.04. The Morgan fingerprint density at radius 1 is 1.19 bits per heavy atom. The van der Waals surface area contributed by atoms with Gasteiger partial charge in [-0.15, -0.1) is 0 Å². The van der Waals surface area contributed by atoms with E-state index in [1.165, 1.54) is 36.9 Å². The van der Waals surface area contributed by atoms with Crippen molar-refractivity contribution in [3.63, 3.8) is 0 Å². The molecule has 0 heterocycles. The van der Waals surface area contributed by atoms with E-state index in [2.05, 4.69) is 62.3 Å². The summed E-state index contributed by atoms with van der Waals surface area (Å²) in [6.45, 7) is 9.04. The molecule has 0 radical (unpaired) electrons. The van der Waals surface area contributed by atoms with Crippen LogP contribution in [-0.4, -0.2) is 31.1 Å². The highest BCUT2D eigenvalue weighted by atomic mass is 15.2. The fraction of sp³-hybridized carbons (Fsp3) is 0.684. The average Bonchev–Trinajstić information content (AvgIpc) is 2.48. The van der Waals surface area contributed by atoms with Crippen LogP contribution in [0, 0.1) is 5.92 Å². The Kier molecular flexibility index (Phi) is 6.25. The van der Waals surface area contributed by atoms with Crippen LogP contribution in [-0.2, 0) is 6.42 Å². The second-order valence-corrected chi connectivity index (χ2v) is 6.61. The van der Waals surface area contributed by atoms with Gasteiger partial charge in [0.1, 0.15) is 0 Å². The Morgan fingerprint density at radius 2 is 1.86 bits per heavy atom. The minimum absolute atomic E-state index is 0.422. The molecule has 2 unspecified atom stereocenters. The molecular weight excluding hydrogens is 256 g/mol. The number of rotatable bonds is 8. The first-order valence-corrected chi connectivity index (χ1v) is 8.68. The standard InChI is InChI=1S/C19H32N2/c1-5-16-10-12-18(13-11-16)19(20-6-2)15(3)21(4)14-17-8-7-9-17/h10-13,15,17,19-20H,5-9,14H2,1-4H3. The van der Waals surface area contributed by atoms with Crippen LogP contribution in [0.15, 0.2) is 24.3 Å². The third-order valence-electron chi connectivity index (χ3n) is 5.12. The fourth-order valence-electron chi connectivity index (χ4n) is 3.25. The van der Waals surface area contributed by atoms with E-state index in [4.69, 9.17) is 0 Å². The van der Waals surface area contributed by atoms with E-state index in [0.29, 0.717) is 12.1 Å². The molecule has 2 nitrogen and oxygen atoms in total. The zero-order valence-corrected chi connectivity index (χ0v) is 14.2. The summed E-state index contributed by atoms with van der Waals surface area (Å²) >= 11 is 0. The number of benzene rings is 1. The van der Waals surface area contributed by atoms with E-state index in [1.54, 1.807) is 0 Å². The van der Waals surface area contributed by atoms with Gasteiger partial charge < -0.3 is 10.2 Å². The van der Waals surface area contributed by atoms with Crippen LogP contribution >= 0.6 is 0 Å². The summed E-state index contributed by atoms with van der Waals surface area (Å²) in [4.78, 5) is 2.55. The molecule has 1 fully saturated rings. The van der Waals surface area contributed by atoms with Crippen molar-refractivity contribution in [2.24, 2.45) is 5.92 Å². The van der Waals surface area contributed by atoms with Gasteiger partial charge in [0, 0.05) is 18.6 Å². The summed E-state index contributed by atoms with van der Waals surface area (Å²) in [5.41, 5.74) is 2.84. The molecule has 1 aromatic rings. The van der Waals surface area contributed by atoms with Crippen molar-refractivity contribution in [2.75, 3.05) is 20.1 Å². The Hall–Kier alpha value is -0.860. The van der Waals surface area contributed by atoms with Gasteiger partial charge in [-0.2, -0.15) is 0 Å². The van der Waals surface area contributed by atoms with Crippen molar-refractivity contribution in [1.82, 2.24) is 10.2 Å². The van der Waals surface area contributed by atoms with Crippen LogP contribution in [0.5, 0.6) is 0 Å². The van der Waals surface area contributed by atoms with Gasteiger partial charge in [-0.05, 0) is 56.8 Å². The van der Waals surface area contributed by atoms with E-state index < -0.39 is 0 Å². The minimum atomic E-state index is 0.422. The van der Waals surface area contributed by atoms with Crippen molar-refractivity contribution in [3.8, 4) is 0 Å². The number of hydrogen-bond acceptors (Lipinski definition) is 2. The zero-order valence-electron chi connectivity index (χ0n) is 14.2. The summed E-state index contributed by atoms with van der Waals surface area (Å²) < 4.78 is 0. The van der Waals surface area contributed by atoms with Crippen LogP contribution in [0.1, 0.15) is 57.2 Å². The predicted molar refractivity (Wildman–Crippen MR) is 91.7 cm³/mol.